The van der Waals surface area contributed by atoms with E-state index in [2.05, 4.69) is 47.6 Å². The monoisotopic (exact) mass is 466 g/mol. The molecular weight excluding hydrogens is 436 g/mol. The van der Waals surface area contributed by atoms with E-state index >= 15 is 0 Å². The lowest BCUT2D eigenvalue weighted by Gasteiger charge is -2.42. The van der Waals surface area contributed by atoms with Crippen LogP contribution in [0.4, 0.5) is 4.79 Å². The topological polar surface area (TPSA) is 131 Å². The Morgan fingerprint density at radius 3 is 2.84 bits per heavy atom. The first-order chi connectivity index (χ1) is 15.3. The molecule has 1 saturated carbocycles. The van der Waals surface area contributed by atoms with Gasteiger partial charge in [-0.25, -0.2) is 4.79 Å². The third kappa shape index (κ3) is 4.85. The van der Waals surface area contributed by atoms with Crippen molar-refractivity contribution in [2.75, 3.05) is 19.5 Å². The lowest BCUT2D eigenvalue weighted by atomic mass is 9.68. The summed E-state index contributed by atoms with van der Waals surface area (Å²) in [6.07, 6.45) is 4.25. The molecule has 6 unspecified atom stereocenters. The van der Waals surface area contributed by atoms with Gasteiger partial charge >= 0.3 is 6.09 Å². The van der Waals surface area contributed by atoms with Gasteiger partial charge in [-0.3, -0.25) is 10.1 Å². The number of ether oxygens (including phenoxy) is 4. The van der Waals surface area contributed by atoms with Crippen molar-refractivity contribution in [1.82, 2.24) is 20.7 Å². The minimum Gasteiger partial charge on any atom is -0.443 e. The van der Waals surface area contributed by atoms with E-state index in [1.807, 2.05) is 0 Å². The fraction of sp³-hybridized carbons (Fsp3) is 0.714. The van der Waals surface area contributed by atoms with E-state index in [0.717, 1.165) is 12.8 Å². The lowest BCUT2D eigenvalue weighted by Crippen LogP contribution is -2.56. The van der Waals surface area contributed by atoms with Crippen LogP contribution in [0.3, 0.4) is 0 Å². The molecule has 1 aromatic heterocycles. The fourth-order valence-electron chi connectivity index (χ4n) is 4.79. The molecule has 2 N–H and O–H groups in total. The summed E-state index contributed by atoms with van der Waals surface area (Å²) in [6.45, 7) is 6.88. The number of aromatic nitrogens is 3. The van der Waals surface area contributed by atoms with Crippen LogP contribution in [0.15, 0.2) is 22.9 Å². The standard InChI is InChI=1S/C21H30N4O6S/c1-12(2)5-6-14-20(3,31-14)18-17(28-4)13(7-8-21(18)11-29-21)30-19(27)23-15(26)10-32-16-9-22-25-24-16/h5,9,13-14,17-18H,6-8,10-11H2,1-4H3,(H,22,24,25)(H,23,26,27). The number of amides is 2. The SMILES string of the molecule is COC1C(OC(=O)NC(=O)CSc2cn[nH]n2)CCC2(CO2)C1C1(C)OC1CC=C(C)C. The van der Waals surface area contributed by atoms with Crippen molar-refractivity contribution in [3.63, 3.8) is 0 Å². The van der Waals surface area contributed by atoms with Crippen LogP contribution >= 0.6 is 11.8 Å². The highest BCUT2D eigenvalue weighted by atomic mass is 32.2. The van der Waals surface area contributed by atoms with E-state index in [1.54, 1.807) is 7.11 Å². The van der Waals surface area contributed by atoms with Gasteiger partial charge < -0.3 is 18.9 Å². The van der Waals surface area contributed by atoms with Crippen LogP contribution in [0.1, 0.15) is 40.0 Å². The van der Waals surface area contributed by atoms with Crippen LogP contribution in [0.2, 0.25) is 0 Å². The van der Waals surface area contributed by atoms with Crippen molar-refractivity contribution >= 4 is 23.8 Å². The zero-order chi connectivity index (χ0) is 22.9. The van der Waals surface area contributed by atoms with Gasteiger partial charge in [0, 0.05) is 7.11 Å². The van der Waals surface area contributed by atoms with Crippen LogP contribution in [0, 0.1) is 5.92 Å². The number of carbonyl (C=O) groups is 2. The van der Waals surface area contributed by atoms with E-state index in [9.17, 15) is 9.59 Å². The van der Waals surface area contributed by atoms with Crippen molar-refractivity contribution in [2.24, 2.45) is 5.92 Å². The molecule has 0 bridgehead atoms. The Morgan fingerprint density at radius 1 is 1.44 bits per heavy atom. The number of nitrogens with one attached hydrogen (secondary N) is 2. The molecule has 3 fully saturated rings. The molecule has 176 valence electrons. The zero-order valence-electron chi connectivity index (χ0n) is 18.8. The van der Waals surface area contributed by atoms with Gasteiger partial charge in [0.05, 0.1) is 30.6 Å². The molecule has 0 radical (unpaired) electrons. The third-order valence-electron chi connectivity index (χ3n) is 6.48. The Morgan fingerprint density at radius 2 is 2.22 bits per heavy atom. The average Bonchev–Trinajstić information content (AvgIpc) is 3.58. The summed E-state index contributed by atoms with van der Waals surface area (Å²) in [5, 5.41) is 12.8. The minimum absolute atomic E-state index is 0.0253. The van der Waals surface area contributed by atoms with Crippen molar-refractivity contribution < 1.29 is 28.5 Å². The molecule has 0 aromatic carbocycles. The van der Waals surface area contributed by atoms with Crippen molar-refractivity contribution in [1.29, 1.82) is 0 Å². The molecule has 1 aliphatic carbocycles. The van der Waals surface area contributed by atoms with Crippen LogP contribution in [-0.2, 0) is 23.7 Å². The molecule has 2 saturated heterocycles. The number of alkyl carbamates (subject to hydrolysis) is 1. The van der Waals surface area contributed by atoms with Gasteiger partial charge in [0.1, 0.15) is 28.4 Å². The third-order valence-corrected chi connectivity index (χ3v) is 7.38. The quantitative estimate of drug-likeness (QED) is 0.336. The number of imide groups is 1. The Bertz CT molecular complexity index is 870. The van der Waals surface area contributed by atoms with Gasteiger partial charge in [0.25, 0.3) is 0 Å². The largest absolute Gasteiger partial charge is 0.443 e. The summed E-state index contributed by atoms with van der Waals surface area (Å²) < 4.78 is 23.6. The smallest absolute Gasteiger partial charge is 0.414 e. The molecular formula is C21H30N4O6S. The first-order valence-corrected chi connectivity index (χ1v) is 11.7. The maximum Gasteiger partial charge on any atom is 0.414 e. The van der Waals surface area contributed by atoms with Crippen LogP contribution in [0.25, 0.3) is 0 Å². The molecule has 2 aliphatic heterocycles. The normalized spacial score (nSPS) is 35.2. The summed E-state index contributed by atoms with van der Waals surface area (Å²) in [5.41, 5.74) is 0.540. The Hall–Kier alpha value is -1.95. The van der Waals surface area contributed by atoms with E-state index in [-0.39, 0.29) is 23.4 Å². The average molecular weight is 467 g/mol. The lowest BCUT2D eigenvalue weighted by molar-refractivity contribution is -0.124. The van der Waals surface area contributed by atoms with Crippen LogP contribution in [-0.4, -0.2) is 76.4 Å². The minimum atomic E-state index is -0.780. The second kappa shape index (κ2) is 9.12. The molecule has 3 heterocycles. The van der Waals surface area contributed by atoms with Crippen LogP contribution in [0.5, 0.6) is 0 Å². The number of hydrogen-bond acceptors (Lipinski definition) is 9. The first kappa shape index (κ1) is 23.2. The van der Waals surface area contributed by atoms with E-state index in [1.165, 1.54) is 23.5 Å². The fourth-order valence-corrected chi connectivity index (χ4v) is 5.37. The van der Waals surface area contributed by atoms with Gasteiger partial charge in [-0.2, -0.15) is 10.3 Å². The highest BCUT2D eigenvalue weighted by molar-refractivity contribution is 7.99. The summed E-state index contributed by atoms with van der Waals surface area (Å²) in [5.74, 6) is -0.511. The predicted molar refractivity (Wildman–Crippen MR) is 115 cm³/mol. The van der Waals surface area contributed by atoms with Gasteiger partial charge in [0.2, 0.25) is 5.91 Å². The molecule has 11 heteroatoms. The van der Waals surface area contributed by atoms with Gasteiger partial charge in [0.15, 0.2) is 0 Å². The summed E-state index contributed by atoms with van der Waals surface area (Å²) in [4.78, 5) is 24.5. The summed E-state index contributed by atoms with van der Waals surface area (Å²) in [7, 11) is 1.61. The van der Waals surface area contributed by atoms with Gasteiger partial charge in [-0.1, -0.05) is 23.4 Å². The number of carbonyl (C=O) groups excluding carboxylic acids is 2. The summed E-state index contributed by atoms with van der Waals surface area (Å²) >= 11 is 1.17. The molecule has 6 atom stereocenters. The van der Waals surface area contributed by atoms with Crippen LogP contribution < -0.4 is 5.32 Å². The second-order valence-electron chi connectivity index (χ2n) is 8.97. The number of epoxide rings is 2. The highest BCUT2D eigenvalue weighted by Crippen LogP contribution is 2.59. The molecule has 10 nitrogen and oxygen atoms in total. The summed E-state index contributed by atoms with van der Waals surface area (Å²) in [6, 6.07) is 0. The molecule has 2 amide bonds. The van der Waals surface area contributed by atoms with E-state index in [0.29, 0.717) is 18.1 Å². The Labute approximate surface area is 191 Å². The maximum absolute atomic E-state index is 12.4. The van der Waals surface area contributed by atoms with E-state index in [4.69, 9.17) is 18.9 Å². The number of nitrogens with zero attached hydrogens (tertiary/aromatic N) is 2. The number of allylic oxidation sites excluding steroid dienone is 1. The molecule has 1 aromatic rings. The molecule has 4 rings (SSSR count). The van der Waals surface area contributed by atoms with Crippen molar-refractivity contribution in [2.45, 2.75) is 74.6 Å². The number of methoxy groups -OCH3 is 1. The van der Waals surface area contributed by atoms with Gasteiger partial charge in [-0.15, -0.1) is 5.10 Å². The molecule has 3 aliphatic rings. The zero-order valence-corrected chi connectivity index (χ0v) is 19.6. The Kier molecular flexibility index (Phi) is 6.62. The number of H-pyrrole nitrogens is 1. The number of thioether (sulfide) groups is 1. The highest BCUT2D eigenvalue weighted by Gasteiger charge is 2.72. The first-order valence-electron chi connectivity index (χ1n) is 10.7. The van der Waals surface area contributed by atoms with Crippen molar-refractivity contribution in [3.05, 3.63) is 17.8 Å². The maximum atomic E-state index is 12.4. The number of aromatic amines is 1. The number of hydrogen-bond donors (Lipinski definition) is 2. The molecule has 32 heavy (non-hydrogen) atoms. The van der Waals surface area contributed by atoms with Crippen molar-refractivity contribution in [3.8, 4) is 0 Å². The number of rotatable bonds is 8. The van der Waals surface area contributed by atoms with Gasteiger partial charge in [-0.05, 0) is 40.0 Å². The second-order valence-corrected chi connectivity index (χ2v) is 9.96. The Balaban J connectivity index is 1.36. The molecule has 1 spiro atoms. The predicted octanol–water partition coefficient (Wildman–Crippen LogP) is 2.23. The van der Waals surface area contributed by atoms with E-state index < -0.39 is 29.8 Å².